The van der Waals surface area contributed by atoms with Crippen LogP contribution in [0, 0.1) is 0 Å². The minimum Gasteiger partial charge on any atom is -0.472 e. The zero-order valence-electron chi connectivity index (χ0n) is 10.1. The minimum absolute atomic E-state index is 0.488. The molecule has 1 aromatic heterocycles. The second-order valence-electron chi connectivity index (χ2n) is 3.65. The maximum absolute atomic E-state index is 5.67. The molecule has 0 fully saturated rings. The summed E-state index contributed by atoms with van der Waals surface area (Å²) in [6.45, 7) is 3.30. The average Bonchev–Trinajstić information content (AvgIpc) is 2.41. The molecule has 0 atom stereocenters. The van der Waals surface area contributed by atoms with Gasteiger partial charge in [-0.1, -0.05) is 30.3 Å². The summed E-state index contributed by atoms with van der Waals surface area (Å²) in [5.41, 5.74) is 1.10. The van der Waals surface area contributed by atoms with E-state index in [1.807, 2.05) is 37.3 Å². The van der Waals surface area contributed by atoms with Crippen molar-refractivity contribution >= 4 is 21.7 Å². The van der Waals surface area contributed by atoms with E-state index in [0.717, 1.165) is 22.4 Å². The van der Waals surface area contributed by atoms with Crippen molar-refractivity contribution in [3.63, 3.8) is 0 Å². The van der Waals surface area contributed by atoms with Crippen molar-refractivity contribution in [3.8, 4) is 5.88 Å². The maximum Gasteiger partial charge on any atom is 0.233 e. The van der Waals surface area contributed by atoms with Gasteiger partial charge in [0.25, 0.3) is 0 Å². The van der Waals surface area contributed by atoms with Crippen LogP contribution < -0.4 is 10.1 Å². The van der Waals surface area contributed by atoms with Gasteiger partial charge >= 0.3 is 0 Å². The highest BCUT2D eigenvalue weighted by Crippen LogP contribution is 2.28. The standard InChI is InChI=1S/C13H14BrN3O/c1-2-15-12-11(14)13(17-9-16-12)18-8-10-6-4-3-5-7-10/h3-7,9H,2,8H2,1H3,(H,15,16,17). The van der Waals surface area contributed by atoms with E-state index in [2.05, 4.69) is 31.2 Å². The fourth-order valence-corrected chi connectivity index (χ4v) is 1.93. The predicted molar refractivity (Wildman–Crippen MR) is 74.7 cm³/mol. The first kappa shape index (κ1) is 12.8. The monoisotopic (exact) mass is 307 g/mol. The van der Waals surface area contributed by atoms with Crippen LogP contribution in [0.5, 0.6) is 5.88 Å². The molecule has 2 aromatic rings. The lowest BCUT2D eigenvalue weighted by atomic mass is 10.2. The average molecular weight is 308 g/mol. The van der Waals surface area contributed by atoms with Crippen molar-refractivity contribution in [3.05, 3.63) is 46.7 Å². The summed E-state index contributed by atoms with van der Waals surface area (Å²) in [6.07, 6.45) is 1.49. The summed E-state index contributed by atoms with van der Waals surface area (Å²) in [5, 5.41) is 3.14. The van der Waals surface area contributed by atoms with Gasteiger partial charge in [-0.2, -0.15) is 0 Å². The van der Waals surface area contributed by atoms with E-state index in [1.54, 1.807) is 0 Å². The van der Waals surface area contributed by atoms with Gasteiger partial charge in [0.1, 0.15) is 23.2 Å². The number of hydrogen-bond acceptors (Lipinski definition) is 4. The first-order valence-electron chi connectivity index (χ1n) is 5.72. The fraction of sp³-hybridized carbons (Fsp3) is 0.231. The van der Waals surface area contributed by atoms with Crippen LogP contribution in [-0.4, -0.2) is 16.5 Å². The van der Waals surface area contributed by atoms with Gasteiger partial charge in [-0.25, -0.2) is 9.97 Å². The molecule has 0 saturated carbocycles. The van der Waals surface area contributed by atoms with E-state index < -0.39 is 0 Å². The van der Waals surface area contributed by atoms with Gasteiger partial charge in [0, 0.05) is 6.54 Å². The molecule has 5 heteroatoms. The highest BCUT2D eigenvalue weighted by molar-refractivity contribution is 9.10. The van der Waals surface area contributed by atoms with E-state index in [4.69, 9.17) is 4.74 Å². The molecular weight excluding hydrogens is 294 g/mol. The molecule has 4 nitrogen and oxygen atoms in total. The fourth-order valence-electron chi connectivity index (χ4n) is 1.47. The molecule has 2 rings (SSSR count). The summed E-state index contributed by atoms with van der Waals surface area (Å²) >= 11 is 3.44. The Kier molecular flexibility index (Phi) is 4.52. The third kappa shape index (κ3) is 3.20. The summed E-state index contributed by atoms with van der Waals surface area (Å²) in [4.78, 5) is 8.25. The topological polar surface area (TPSA) is 47.0 Å². The lowest BCUT2D eigenvalue weighted by Gasteiger charge is -2.10. The molecule has 94 valence electrons. The van der Waals surface area contributed by atoms with Gasteiger partial charge in [0.05, 0.1) is 0 Å². The highest BCUT2D eigenvalue weighted by atomic mass is 79.9. The Balaban J connectivity index is 2.08. The van der Waals surface area contributed by atoms with Crippen LogP contribution in [0.3, 0.4) is 0 Å². The minimum atomic E-state index is 0.488. The third-order valence-electron chi connectivity index (χ3n) is 2.32. The molecule has 18 heavy (non-hydrogen) atoms. The Hall–Kier alpha value is -1.62. The molecule has 0 aliphatic heterocycles. The van der Waals surface area contributed by atoms with Crippen molar-refractivity contribution in [1.29, 1.82) is 0 Å². The molecule has 0 spiro atoms. The summed E-state index contributed by atoms with van der Waals surface area (Å²) in [7, 11) is 0. The second kappa shape index (κ2) is 6.35. The van der Waals surface area contributed by atoms with Crippen LogP contribution in [-0.2, 0) is 6.61 Å². The van der Waals surface area contributed by atoms with Crippen molar-refractivity contribution < 1.29 is 4.74 Å². The van der Waals surface area contributed by atoms with Crippen molar-refractivity contribution in [2.75, 3.05) is 11.9 Å². The van der Waals surface area contributed by atoms with Crippen LogP contribution in [0.1, 0.15) is 12.5 Å². The van der Waals surface area contributed by atoms with Crippen molar-refractivity contribution in [1.82, 2.24) is 9.97 Å². The van der Waals surface area contributed by atoms with E-state index in [0.29, 0.717) is 12.5 Å². The summed E-state index contributed by atoms with van der Waals surface area (Å²) < 4.78 is 6.42. The molecule has 1 N–H and O–H groups in total. The number of hydrogen-bond donors (Lipinski definition) is 1. The molecule has 0 unspecified atom stereocenters. The van der Waals surface area contributed by atoms with Crippen LogP contribution >= 0.6 is 15.9 Å². The number of halogens is 1. The smallest absolute Gasteiger partial charge is 0.233 e. The van der Waals surface area contributed by atoms with Crippen molar-refractivity contribution in [2.45, 2.75) is 13.5 Å². The van der Waals surface area contributed by atoms with E-state index in [9.17, 15) is 0 Å². The second-order valence-corrected chi connectivity index (χ2v) is 4.44. The Morgan fingerprint density at radius 1 is 1.22 bits per heavy atom. The molecule has 1 heterocycles. The van der Waals surface area contributed by atoms with Crippen LogP contribution in [0.15, 0.2) is 41.1 Å². The van der Waals surface area contributed by atoms with Gasteiger partial charge in [0.15, 0.2) is 0 Å². The molecular formula is C13H14BrN3O. The van der Waals surface area contributed by atoms with Gasteiger partial charge in [-0.3, -0.25) is 0 Å². The quantitative estimate of drug-likeness (QED) is 0.921. The zero-order valence-corrected chi connectivity index (χ0v) is 11.6. The maximum atomic E-state index is 5.67. The van der Waals surface area contributed by atoms with E-state index in [-0.39, 0.29) is 0 Å². The highest BCUT2D eigenvalue weighted by Gasteiger charge is 2.09. The zero-order chi connectivity index (χ0) is 12.8. The first-order valence-corrected chi connectivity index (χ1v) is 6.51. The Bertz CT molecular complexity index is 505. The third-order valence-corrected chi connectivity index (χ3v) is 3.03. The Morgan fingerprint density at radius 3 is 2.72 bits per heavy atom. The van der Waals surface area contributed by atoms with Gasteiger partial charge < -0.3 is 10.1 Å². The van der Waals surface area contributed by atoms with Gasteiger partial charge in [0.2, 0.25) is 5.88 Å². The molecule has 0 bridgehead atoms. The van der Waals surface area contributed by atoms with E-state index in [1.165, 1.54) is 6.33 Å². The van der Waals surface area contributed by atoms with Gasteiger partial charge in [-0.15, -0.1) is 0 Å². The van der Waals surface area contributed by atoms with Crippen LogP contribution in [0.2, 0.25) is 0 Å². The van der Waals surface area contributed by atoms with Crippen LogP contribution in [0.4, 0.5) is 5.82 Å². The molecule has 0 aliphatic carbocycles. The predicted octanol–water partition coefficient (Wildman–Crippen LogP) is 3.25. The summed E-state index contributed by atoms with van der Waals surface area (Å²) in [6, 6.07) is 9.98. The normalized spacial score (nSPS) is 10.1. The number of anilines is 1. The lowest BCUT2D eigenvalue weighted by molar-refractivity contribution is 0.291. The number of benzene rings is 1. The molecule has 0 saturated heterocycles. The molecule has 0 aliphatic rings. The van der Waals surface area contributed by atoms with E-state index >= 15 is 0 Å². The first-order chi connectivity index (χ1) is 8.81. The number of ether oxygens (including phenoxy) is 1. The summed E-state index contributed by atoms with van der Waals surface area (Å²) in [5.74, 6) is 1.29. The number of rotatable bonds is 5. The number of nitrogens with one attached hydrogen (secondary N) is 1. The Labute approximate surface area is 115 Å². The lowest BCUT2D eigenvalue weighted by Crippen LogP contribution is -2.04. The largest absolute Gasteiger partial charge is 0.472 e. The Morgan fingerprint density at radius 2 is 2.00 bits per heavy atom. The SMILES string of the molecule is CCNc1ncnc(OCc2ccccc2)c1Br. The molecule has 1 aromatic carbocycles. The van der Waals surface area contributed by atoms with Gasteiger partial charge in [-0.05, 0) is 28.4 Å². The van der Waals surface area contributed by atoms with Crippen molar-refractivity contribution in [2.24, 2.45) is 0 Å². The molecule has 0 radical (unpaired) electrons. The molecule has 0 amide bonds. The number of nitrogens with zero attached hydrogens (tertiary/aromatic N) is 2. The number of aromatic nitrogens is 2. The van der Waals surface area contributed by atoms with Crippen LogP contribution in [0.25, 0.3) is 0 Å².